The van der Waals surface area contributed by atoms with Crippen molar-refractivity contribution in [1.29, 1.82) is 0 Å². The van der Waals surface area contributed by atoms with E-state index >= 15 is 0 Å². The molecule has 24 heteroatoms. The van der Waals surface area contributed by atoms with Gasteiger partial charge >= 0.3 is 52.3 Å². The molecule has 0 unspecified atom stereocenters. The fraction of sp³-hybridized carbons (Fsp3) is 0.233. The molecule has 54 heavy (non-hydrogen) atoms. The Hall–Kier alpha value is -6.69. The van der Waals surface area contributed by atoms with Gasteiger partial charge in [-0.3, -0.25) is 29.2 Å². The number of nitrogens with two attached hydrogens (primary N) is 2. The number of aromatic carboxylic acids is 1. The maximum Gasteiger partial charge on any atom is 1.00 e. The summed E-state index contributed by atoms with van der Waals surface area (Å²) in [5, 5.41) is 45.9. The molecular formula is C30H37AgN8O15. The van der Waals surface area contributed by atoms with Crippen molar-refractivity contribution in [3.8, 4) is 5.75 Å². The second-order valence-corrected chi connectivity index (χ2v) is 9.57. The first-order valence-electron chi connectivity index (χ1n) is 14.3. The van der Waals surface area contributed by atoms with Gasteiger partial charge in [0.25, 0.3) is 0 Å². The van der Waals surface area contributed by atoms with E-state index in [1.165, 1.54) is 49.0 Å². The second-order valence-electron chi connectivity index (χ2n) is 9.57. The summed E-state index contributed by atoms with van der Waals surface area (Å²) in [6.45, 7) is 3.91. The third-order valence-corrected chi connectivity index (χ3v) is 5.36. The van der Waals surface area contributed by atoms with Gasteiger partial charge in [0.1, 0.15) is 29.7 Å². The van der Waals surface area contributed by atoms with Crippen LogP contribution in [0.3, 0.4) is 0 Å². The Morgan fingerprint density at radius 3 is 1.69 bits per heavy atom. The van der Waals surface area contributed by atoms with E-state index in [9.17, 15) is 38.4 Å². The van der Waals surface area contributed by atoms with Crippen molar-refractivity contribution in [2.24, 2.45) is 11.6 Å². The Bertz CT molecular complexity index is 1670. The molecule has 0 fully saturated rings. The number of imidazole rings is 1. The van der Waals surface area contributed by atoms with Gasteiger partial charge in [0.05, 0.1) is 11.5 Å². The average Bonchev–Trinajstić information content (AvgIpc) is 3.61. The summed E-state index contributed by atoms with van der Waals surface area (Å²) in [4.78, 5) is 97.6. The number of hydrogen-bond acceptors (Lipinski definition) is 14. The molecule has 3 rings (SSSR count). The minimum Gasteiger partial charge on any atom is -0.480 e. The molecule has 1 aromatic heterocycles. The van der Waals surface area contributed by atoms with Gasteiger partial charge < -0.3 is 51.7 Å². The summed E-state index contributed by atoms with van der Waals surface area (Å²) in [5.41, 5.74) is 6.75. The molecule has 0 bridgehead atoms. The number of nitrogens with zero attached hydrogens (tertiary/aromatic N) is 3. The molecule has 0 aliphatic carbocycles. The standard InChI is InChI=1S/C13H13NO7.C11H13NO3.C5H6N2O.CH5N3O.Ag.NO3/c1-7(15)14-9(13(19)20)6-11(16)21-10-5-3-2-4-8(10)12(17)18;1-8(13)12-10(11(14)15)7-9-5-3-2-4-6-9;1-5(8)7-3-2-6-4-7;2-1(5)4-3;;2-1(3)4/h2-5,9H,6H2,1H3,(H,14,15)(H,17,18)(H,19,20);2-6,10H,7H2,1H3,(H,12,13)(H,14,15);2-4H,1H3;3H2,(H3,2,4,5);;/q;;;;+1;-1/t9-;10-;;;;/m00..../s1. The van der Waals surface area contributed by atoms with Crippen LogP contribution in [0.15, 0.2) is 73.3 Å². The van der Waals surface area contributed by atoms with Gasteiger partial charge in [0, 0.05) is 39.6 Å². The van der Waals surface area contributed by atoms with E-state index < -0.39 is 59.4 Å². The topological polar surface area (TPSA) is 379 Å². The van der Waals surface area contributed by atoms with Crippen LogP contribution in [0.4, 0.5) is 4.79 Å². The van der Waals surface area contributed by atoms with Crippen molar-refractivity contribution >= 4 is 47.6 Å². The number of aromatic nitrogens is 2. The first-order valence-corrected chi connectivity index (χ1v) is 14.3. The molecule has 0 aliphatic heterocycles. The van der Waals surface area contributed by atoms with Crippen molar-refractivity contribution in [3.63, 3.8) is 0 Å². The Balaban J connectivity index is -0.000000682. The summed E-state index contributed by atoms with van der Waals surface area (Å²) < 4.78 is 6.25. The number of hydrazine groups is 1. The van der Waals surface area contributed by atoms with Crippen molar-refractivity contribution in [1.82, 2.24) is 25.6 Å². The summed E-state index contributed by atoms with van der Waals surface area (Å²) >= 11 is 0. The minimum atomic E-state index is -1.75. The molecule has 0 saturated carbocycles. The van der Waals surface area contributed by atoms with Crippen LogP contribution in [0, 0.1) is 15.3 Å². The summed E-state index contributed by atoms with van der Waals surface area (Å²) in [6, 6.07) is 11.6. The van der Waals surface area contributed by atoms with E-state index in [4.69, 9.17) is 35.4 Å². The van der Waals surface area contributed by atoms with E-state index in [1.54, 1.807) is 17.8 Å². The number of carbonyl (C=O) groups excluding carboxylic acids is 5. The Morgan fingerprint density at radius 2 is 1.31 bits per heavy atom. The van der Waals surface area contributed by atoms with Gasteiger partial charge in [-0.15, -0.1) is 0 Å². The molecule has 4 amide bonds. The number of urea groups is 1. The Labute approximate surface area is 321 Å². The summed E-state index contributed by atoms with van der Waals surface area (Å²) in [7, 11) is 0. The molecule has 3 aromatic rings. The third kappa shape index (κ3) is 27.1. The molecule has 2 atom stereocenters. The molecule has 10 N–H and O–H groups in total. The quantitative estimate of drug-likeness (QED) is 0.0251. The zero-order valence-corrected chi connectivity index (χ0v) is 30.0. The maximum absolute atomic E-state index is 11.7. The van der Waals surface area contributed by atoms with Crippen LogP contribution < -0.4 is 32.4 Å². The largest absolute Gasteiger partial charge is 1.00 e. The number of para-hydroxylation sites is 1. The molecule has 1 heterocycles. The predicted octanol–water partition coefficient (Wildman–Crippen LogP) is -0.0820. The van der Waals surface area contributed by atoms with Crippen molar-refractivity contribution in [2.75, 3.05) is 0 Å². The van der Waals surface area contributed by atoms with E-state index in [1.807, 2.05) is 30.3 Å². The second kappa shape index (κ2) is 28.9. The molecular weight excluding hydrogens is 820 g/mol. The van der Waals surface area contributed by atoms with Crippen molar-refractivity contribution in [3.05, 3.63) is 99.8 Å². The normalized spacial score (nSPS) is 10.1. The van der Waals surface area contributed by atoms with E-state index in [2.05, 4.69) is 27.2 Å². The number of primary amides is 1. The fourth-order valence-corrected chi connectivity index (χ4v) is 3.25. The van der Waals surface area contributed by atoms with Crippen molar-refractivity contribution < 1.29 is 85.9 Å². The number of esters is 1. The number of carboxylic acids is 3. The monoisotopic (exact) mass is 856 g/mol. The number of amides is 4. The fourth-order valence-electron chi connectivity index (χ4n) is 3.25. The Morgan fingerprint density at radius 1 is 0.852 bits per heavy atom. The van der Waals surface area contributed by atoms with Crippen LogP contribution in [0.1, 0.15) is 47.9 Å². The van der Waals surface area contributed by atoms with Crippen LogP contribution in [0.5, 0.6) is 5.75 Å². The summed E-state index contributed by atoms with van der Waals surface area (Å²) in [6.07, 6.45) is 4.34. The van der Waals surface area contributed by atoms with Crippen LogP contribution in [-0.4, -0.2) is 89.7 Å². The number of aliphatic carboxylic acids is 2. The van der Waals surface area contributed by atoms with E-state index in [0.717, 1.165) is 12.5 Å². The van der Waals surface area contributed by atoms with Crippen molar-refractivity contribution in [2.45, 2.75) is 45.7 Å². The van der Waals surface area contributed by atoms with Gasteiger partial charge in [-0.1, -0.05) is 42.5 Å². The molecule has 298 valence electrons. The Kier molecular flexibility index (Phi) is 27.7. The maximum atomic E-state index is 11.7. The first-order chi connectivity index (χ1) is 24.7. The van der Waals surface area contributed by atoms with Crippen LogP contribution in [0.25, 0.3) is 0 Å². The molecule has 0 aliphatic rings. The number of nitrogens with one attached hydrogen (secondary N) is 3. The van der Waals surface area contributed by atoms with Gasteiger partial charge in [0.2, 0.25) is 17.7 Å². The molecule has 2 aromatic carbocycles. The molecule has 0 radical (unpaired) electrons. The van der Waals surface area contributed by atoms with Gasteiger partial charge in [-0.25, -0.2) is 30.0 Å². The zero-order chi connectivity index (χ0) is 41.1. The number of benzene rings is 2. The van der Waals surface area contributed by atoms with Gasteiger partial charge in [-0.05, 0) is 17.7 Å². The molecule has 23 nitrogen and oxygen atoms in total. The number of hydrogen-bond donors (Lipinski definition) is 8. The molecule has 0 spiro atoms. The van der Waals surface area contributed by atoms with E-state index in [-0.39, 0.29) is 45.5 Å². The number of rotatable bonds is 10. The zero-order valence-electron chi connectivity index (χ0n) is 28.5. The van der Waals surface area contributed by atoms with Crippen LogP contribution >= 0.6 is 0 Å². The van der Waals surface area contributed by atoms with E-state index in [0.29, 0.717) is 6.42 Å². The average molecular weight is 858 g/mol. The molecule has 0 saturated heterocycles. The minimum absolute atomic E-state index is 0. The first kappa shape index (κ1) is 51.7. The smallest absolute Gasteiger partial charge is 0.480 e. The van der Waals surface area contributed by atoms with Crippen LogP contribution in [0.2, 0.25) is 0 Å². The number of carbonyl (C=O) groups is 8. The SMILES string of the molecule is CC(=O)N[C@@H](CC(=O)Oc1ccccc1C(=O)O)C(=O)O.CC(=O)N[C@@H](Cc1ccccc1)C(=O)O.CC(=O)n1ccnc1.NNC(N)=O.O=[N+]([O-])[O-].[Ag+]. The number of carboxylic acid groups (broad SMARTS) is 3. The number of ether oxygens (including phenoxy) is 1. The summed E-state index contributed by atoms with van der Waals surface area (Å²) in [5.74, 6) is -1.37. The predicted molar refractivity (Wildman–Crippen MR) is 180 cm³/mol. The van der Waals surface area contributed by atoms with Crippen LogP contribution in [-0.2, 0) is 52.8 Å². The van der Waals surface area contributed by atoms with Gasteiger partial charge in [-0.2, -0.15) is 0 Å². The van der Waals surface area contributed by atoms with Gasteiger partial charge in [0.15, 0.2) is 0 Å². The third-order valence-electron chi connectivity index (χ3n) is 5.36.